The molecule has 3 aromatic rings. The van der Waals surface area contributed by atoms with Crippen molar-refractivity contribution in [3.63, 3.8) is 0 Å². The first-order valence-corrected chi connectivity index (χ1v) is 7.19. The van der Waals surface area contributed by atoms with Crippen LogP contribution in [0.25, 0.3) is 0 Å². The second kappa shape index (κ2) is 6.34. The molecule has 0 saturated carbocycles. The van der Waals surface area contributed by atoms with E-state index in [-0.39, 0.29) is 13.1 Å². The smallest absolute Gasteiger partial charge is 0.390 e. The van der Waals surface area contributed by atoms with Crippen molar-refractivity contribution in [2.24, 2.45) is 0 Å². The van der Waals surface area contributed by atoms with Crippen molar-refractivity contribution < 1.29 is 10.0 Å². The zero-order valence-corrected chi connectivity index (χ0v) is 13.0. The Labute approximate surface area is 140 Å². The average Bonchev–Trinajstić information content (AvgIpc) is 3.19. The van der Waals surface area contributed by atoms with Gasteiger partial charge < -0.3 is 15.2 Å². The van der Waals surface area contributed by atoms with Crippen molar-refractivity contribution >= 4 is 17.5 Å². The maximum Gasteiger partial charge on any atom is 0.490 e. The van der Waals surface area contributed by atoms with E-state index in [0.29, 0.717) is 10.6 Å². The number of aromatic nitrogens is 6. The molecule has 0 spiro atoms. The maximum absolute atomic E-state index is 11.2. The zero-order valence-electron chi connectivity index (χ0n) is 12.2. The summed E-state index contributed by atoms with van der Waals surface area (Å²) in [6.45, 7) is -0.0676. The van der Waals surface area contributed by atoms with Crippen molar-refractivity contribution in [1.82, 2.24) is 29.5 Å². The molecule has 1 N–H and O–H groups in total. The van der Waals surface area contributed by atoms with Crippen LogP contribution in [0, 0.1) is 10.1 Å². The Morgan fingerprint density at radius 1 is 1.25 bits per heavy atom. The molecule has 0 aliphatic heterocycles. The summed E-state index contributed by atoms with van der Waals surface area (Å²) in [5.41, 5.74) is -1.08. The van der Waals surface area contributed by atoms with Gasteiger partial charge in [-0.1, -0.05) is 34.8 Å². The SMILES string of the molecule is O=[N+]([O-])c1ncn(CC(O)(Cn2cncn2)c2ccccc2Cl)n1. The van der Waals surface area contributed by atoms with Crippen LogP contribution in [0.3, 0.4) is 0 Å². The van der Waals surface area contributed by atoms with Crippen molar-refractivity contribution in [3.05, 3.63) is 63.9 Å². The maximum atomic E-state index is 11.2. The number of rotatable bonds is 6. The molecule has 124 valence electrons. The van der Waals surface area contributed by atoms with Crippen molar-refractivity contribution in [1.29, 1.82) is 0 Å². The second-order valence-electron chi connectivity index (χ2n) is 5.10. The van der Waals surface area contributed by atoms with E-state index in [9.17, 15) is 15.2 Å². The molecule has 0 saturated heterocycles. The zero-order chi connectivity index (χ0) is 17.2. The Kier molecular flexibility index (Phi) is 4.23. The fourth-order valence-corrected chi connectivity index (χ4v) is 2.67. The van der Waals surface area contributed by atoms with Crippen molar-refractivity contribution in [2.45, 2.75) is 18.7 Å². The largest absolute Gasteiger partial charge is 0.490 e. The third-order valence-corrected chi connectivity index (χ3v) is 3.71. The van der Waals surface area contributed by atoms with E-state index in [0.717, 1.165) is 0 Å². The first-order chi connectivity index (χ1) is 11.5. The predicted octanol–water partition coefficient (Wildman–Crippen LogP) is 1.02. The van der Waals surface area contributed by atoms with Crippen molar-refractivity contribution in [3.8, 4) is 0 Å². The van der Waals surface area contributed by atoms with Gasteiger partial charge in [-0.05, 0) is 11.0 Å². The van der Waals surface area contributed by atoms with E-state index >= 15 is 0 Å². The third kappa shape index (κ3) is 3.24. The standard InChI is InChI=1S/C13H12ClN7O3/c14-11-4-2-1-3-10(11)13(22,5-19-8-15-7-17-19)6-20-9-16-12(18-20)21(23)24/h1-4,7-9,22H,5-6H2. The van der Waals surface area contributed by atoms with Gasteiger partial charge in [0, 0.05) is 15.7 Å². The Balaban J connectivity index is 1.97. The molecule has 0 aliphatic rings. The molecule has 24 heavy (non-hydrogen) atoms. The molecule has 11 heteroatoms. The Morgan fingerprint density at radius 2 is 2.00 bits per heavy atom. The Morgan fingerprint density at radius 3 is 2.62 bits per heavy atom. The lowest BCUT2D eigenvalue weighted by Gasteiger charge is -2.28. The van der Waals surface area contributed by atoms with Gasteiger partial charge in [-0.3, -0.25) is 0 Å². The van der Waals surface area contributed by atoms with Gasteiger partial charge in [0.25, 0.3) is 0 Å². The Hall–Kier alpha value is -2.85. The molecular formula is C13H12ClN7O3. The molecule has 0 radical (unpaired) electrons. The van der Waals surface area contributed by atoms with Gasteiger partial charge in [0.1, 0.15) is 18.3 Å². The summed E-state index contributed by atoms with van der Waals surface area (Å²) >= 11 is 6.21. The highest BCUT2D eigenvalue weighted by atomic mass is 35.5. The molecule has 1 atom stereocenters. The first-order valence-electron chi connectivity index (χ1n) is 6.81. The van der Waals surface area contributed by atoms with Gasteiger partial charge in [0.05, 0.1) is 13.1 Å². The topological polar surface area (TPSA) is 125 Å². The van der Waals surface area contributed by atoms with Crippen LogP contribution in [0.4, 0.5) is 5.95 Å². The minimum atomic E-state index is -1.52. The second-order valence-corrected chi connectivity index (χ2v) is 5.51. The van der Waals surface area contributed by atoms with Gasteiger partial charge in [0.2, 0.25) is 6.33 Å². The van der Waals surface area contributed by atoms with Crippen molar-refractivity contribution in [2.75, 3.05) is 0 Å². The van der Waals surface area contributed by atoms with E-state index in [1.54, 1.807) is 24.3 Å². The summed E-state index contributed by atoms with van der Waals surface area (Å²) in [6, 6.07) is 6.79. The molecule has 3 rings (SSSR count). The molecule has 1 unspecified atom stereocenters. The summed E-state index contributed by atoms with van der Waals surface area (Å²) in [6.07, 6.45) is 3.97. The van der Waals surface area contributed by atoms with Crippen LogP contribution >= 0.6 is 11.6 Å². The summed E-state index contributed by atoms with van der Waals surface area (Å²) in [5.74, 6) is -0.544. The molecule has 2 aromatic heterocycles. The normalized spacial score (nSPS) is 13.6. The lowest BCUT2D eigenvalue weighted by Crippen LogP contribution is -2.37. The van der Waals surface area contributed by atoms with E-state index in [1.807, 2.05) is 0 Å². The molecule has 0 fully saturated rings. The number of nitro groups is 1. The van der Waals surface area contributed by atoms with E-state index in [4.69, 9.17) is 11.6 Å². The molecule has 0 amide bonds. The van der Waals surface area contributed by atoms with Gasteiger partial charge in [-0.15, -0.1) is 0 Å². The number of aliphatic hydroxyl groups is 1. The monoisotopic (exact) mass is 349 g/mol. The van der Waals surface area contributed by atoms with E-state index in [2.05, 4.69) is 20.2 Å². The number of hydrogen-bond donors (Lipinski definition) is 1. The van der Waals surface area contributed by atoms with Gasteiger partial charge >= 0.3 is 5.95 Å². The quantitative estimate of drug-likeness (QED) is 0.520. The molecular weight excluding hydrogens is 338 g/mol. The minimum Gasteiger partial charge on any atom is -0.390 e. The van der Waals surface area contributed by atoms with Crippen LogP contribution in [-0.4, -0.2) is 39.6 Å². The van der Waals surface area contributed by atoms with Crippen LogP contribution in [0.5, 0.6) is 0 Å². The number of nitrogens with zero attached hydrogens (tertiary/aromatic N) is 7. The molecule has 1 aromatic carbocycles. The number of benzene rings is 1. The fraction of sp³-hybridized carbons (Fsp3) is 0.231. The van der Waals surface area contributed by atoms with E-state index < -0.39 is 16.5 Å². The molecule has 2 heterocycles. The van der Waals surface area contributed by atoms with Crippen LogP contribution in [0.1, 0.15) is 5.56 Å². The average molecular weight is 350 g/mol. The Bertz CT molecular complexity index is 851. The number of halogens is 1. The van der Waals surface area contributed by atoms with Gasteiger partial charge in [-0.2, -0.15) is 9.78 Å². The highest BCUT2D eigenvalue weighted by molar-refractivity contribution is 6.31. The van der Waals surface area contributed by atoms with Crippen LogP contribution in [0.15, 0.2) is 43.2 Å². The van der Waals surface area contributed by atoms with E-state index in [1.165, 1.54) is 28.3 Å². The summed E-state index contributed by atoms with van der Waals surface area (Å²) < 4.78 is 2.63. The highest BCUT2D eigenvalue weighted by Gasteiger charge is 2.35. The van der Waals surface area contributed by atoms with Gasteiger partial charge in [-0.25, -0.2) is 9.67 Å². The predicted molar refractivity (Wildman–Crippen MR) is 82.0 cm³/mol. The fourth-order valence-electron chi connectivity index (χ4n) is 2.35. The van der Waals surface area contributed by atoms with Gasteiger partial charge in [0.15, 0.2) is 0 Å². The van der Waals surface area contributed by atoms with Crippen LogP contribution < -0.4 is 0 Å². The summed E-state index contributed by atoms with van der Waals surface area (Å²) in [5, 5.41) is 30.0. The lowest BCUT2D eigenvalue weighted by molar-refractivity contribution is -0.394. The lowest BCUT2D eigenvalue weighted by atomic mass is 9.93. The molecule has 0 bridgehead atoms. The third-order valence-electron chi connectivity index (χ3n) is 3.38. The summed E-state index contributed by atoms with van der Waals surface area (Å²) in [7, 11) is 0. The minimum absolute atomic E-state index is 0.0321. The molecule has 10 nitrogen and oxygen atoms in total. The van der Waals surface area contributed by atoms with Crippen LogP contribution in [-0.2, 0) is 18.7 Å². The summed E-state index contributed by atoms with van der Waals surface area (Å²) in [4.78, 5) is 17.4. The highest BCUT2D eigenvalue weighted by Crippen LogP contribution is 2.31. The number of hydrogen-bond acceptors (Lipinski definition) is 7. The first kappa shape index (κ1) is 16.0. The van der Waals surface area contributed by atoms with Crippen LogP contribution in [0.2, 0.25) is 5.02 Å². The molecule has 0 aliphatic carbocycles.